The number of imidazole rings is 1. The maximum Gasteiger partial charge on any atom is 0.268 e. The summed E-state index contributed by atoms with van der Waals surface area (Å²) in [5, 5.41) is 3.13. The SMILES string of the molecule is O=C(NC1(c2ncc[nH]2)CCOC1)c1[nH]ccc1C1CC1. The zero-order valence-electron chi connectivity index (χ0n) is 11.7. The van der Waals surface area contributed by atoms with E-state index in [1.54, 1.807) is 12.4 Å². The summed E-state index contributed by atoms with van der Waals surface area (Å²) in [6, 6.07) is 2.01. The van der Waals surface area contributed by atoms with Crippen LogP contribution < -0.4 is 5.32 Å². The number of hydrogen-bond acceptors (Lipinski definition) is 3. The summed E-state index contributed by atoms with van der Waals surface area (Å²) >= 11 is 0. The molecule has 1 atom stereocenters. The predicted octanol–water partition coefficient (Wildman–Crippen LogP) is 1.66. The fourth-order valence-corrected chi connectivity index (χ4v) is 3.03. The lowest BCUT2D eigenvalue weighted by atomic mass is 9.97. The van der Waals surface area contributed by atoms with E-state index in [0.717, 1.165) is 17.8 Å². The molecule has 6 nitrogen and oxygen atoms in total. The Bertz CT molecular complexity index is 636. The third-order valence-corrected chi connectivity index (χ3v) is 4.35. The molecule has 1 aliphatic carbocycles. The van der Waals surface area contributed by atoms with Crippen molar-refractivity contribution in [1.29, 1.82) is 0 Å². The van der Waals surface area contributed by atoms with E-state index in [9.17, 15) is 4.79 Å². The van der Waals surface area contributed by atoms with Crippen molar-refractivity contribution < 1.29 is 9.53 Å². The number of H-pyrrole nitrogens is 2. The highest BCUT2D eigenvalue weighted by molar-refractivity contribution is 5.94. The van der Waals surface area contributed by atoms with Crippen LogP contribution in [-0.2, 0) is 10.3 Å². The molecule has 2 fully saturated rings. The Morgan fingerprint density at radius 1 is 1.38 bits per heavy atom. The standard InChI is InChI=1S/C15H18N4O2/c20-13(12-11(3-5-16-12)10-1-2-10)19-15(4-8-21-9-15)14-17-6-7-18-14/h3,5-7,10,16H,1-2,4,8-9H2,(H,17,18)(H,19,20). The van der Waals surface area contributed by atoms with Crippen LogP contribution in [0.1, 0.15) is 47.1 Å². The summed E-state index contributed by atoms with van der Waals surface area (Å²) in [6.45, 7) is 1.08. The molecule has 1 amide bonds. The smallest absolute Gasteiger partial charge is 0.268 e. The molecule has 0 radical (unpaired) electrons. The van der Waals surface area contributed by atoms with Crippen molar-refractivity contribution in [3.63, 3.8) is 0 Å². The van der Waals surface area contributed by atoms with Gasteiger partial charge >= 0.3 is 0 Å². The van der Waals surface area contributed by atoms with Crippen molar-refractivity contribution in [3.05, 3.63) is 41.7 Å². The highest BCUT2D eigenvalue weighted by Gasteiger charge is 2.41. The normalized spacial score (nSPS) is 25.1. The molecule has 0 bridgehead atoms. The van der Waals surface area contributed by atoms with E-state index in [1.165, 1.54) is 12.8 Å². The first-order chi connectivity index (χ1) is 10.3. The van der Waals surface area contributed by atoms with Gasteiger partial charge in [0.25, 0.3) is 5.91 Å². The van der Waals surface area contributed by atoms with Gasteiger partial charge < -0.3 is 20.0 Å². The molecule has 110 valence electrons. The minimum atomic E-state index is -0.549. The average Bonchev–Trinajstić information content (AvgIpc) is 2.95. The van der Waals surface area contributed by atoms with Crippen LogP contribution >= 0.6 is 0 Å². The van der Waals surface area contributed by atoms with Crippen molar-refractivity contribution in [2.45, 2.75) is 30.7 Å². The number of aromatic nitrogens is 3. The van der Waals surface area contributed by atoms with E-state index in [0.29, 0.717) is 24.8 Å². The fourth-order valence-electron chi connectivity index (χ4n) is 3.03. The second kappa shape index (κ2) is 4.73. The number of amides is 1. The first-order valence-electron chi connectivity index (χ1n) is 7.36. The van der Waals surface area contributed by atoms with Crippen LogP contribution in [0.5, 0.6) is 0 Å². The van der Waals surface area contributed by atoms with E-state index < -0.39 is 5.54 Å². The van der Waals surface area contributed by atoms with Gasteiger partial charge in [-0.15, -0.1) is 0 Å². The van der Waals surface area contributed by atoms with Crippen LogP contribution in [-0.4, -0.2) is 34.1 Å². The van der Waals surface area contributed by atoms with Crippen LogP contribution in [0.3, 0.4) is 0 Å². The molecule has 1 saturated heterocycles. The Hall–Kier alpha value is -2.08. The molecule has 1 saturated carbocycles. The Kier molecular flexibility index (Phi) is 2.85. The van der Waals surface area contributed by atoms with Gasteiger partial charge in [0.15, 0.2) is 0 Å². The van der Waals surface area contributed by atoms with Crippen molar-refractivity contribution in [2.24, 2.45) is 0 Å². The second-order valence-corrected chi connectivity index (χ2v) is 5.86. The number of carbonyl (C=O) groups excluding carboxylic acids is 1. The van der Waals surface area contributed by atoms with Crippen LogP contribution in [0, 0.1) is 0 Å². The molecule has 2 aromatic heterocycles. The highest BCUT2D eigenvalue weighted by atomic mass is 16.5. The molecule has 1 unspecified atom stereocenters. The van der Waals surface area contributed by atoms with E-state index in [2.05, 4.69) is 20.3 Å². The quantitative estimate of drug-likeness (QED) is 0.799. The first kappa shape index (κ1) is 12.6. The number of rotatable bonds is 4. The number of ether oxygens (including phenoxy) is 1. The van der Waals surface area contributed by atoms with Gasteiger partial charge in [0.05, 0.1) is 6.61 Å². The summed E-state index contributed by atoms with van der Waals surface area (Å²) in [7, 11) is 0. The Morgan fingerprint density at radius 2 is 2.29 bits per heavy atom. The molecule has 3 heterocycles. The van der Waals surface area contributed by atoms with Gasteiger partial charge in [-0.2, -0.15) is 0 Å². The molecule has 21 heavy (non-hydrogen) atoms. The van der Waals surface area contributed by atoms with Crippen molar-refractivity contribution in [1.82, 2.24) is 20.3 Å². The molecule has 6 heteroatoms. The molecule has 3 N–H and O–H groups in total. The summed E-state index contributed by atoms with van der Waals surface area (Å²) in [5.41, 5.74) is 1.25. The third-order valence-electron chi connectivity index (χ3n) is 4.35. The van der Waals surface area contributed by atoms with E-state index in [4.69, 9.17) is 4.74 Å². The topological polar surface area (TPSA) is 82.8 Å². The number of carbonyl (C=O) groups is 1. The number of nitrogens with one attached hydrogen (secondary N) is 3. The number of aromatic amines is 2. The summed E-state index contributed by atoms with van der Waals surface area (Å²) < 4.78 is 5.51. The second-order valence-electron chi connectivity index (χ2n) is 5.86. The molecule has 2 aromatic rings. The highest BCUT2D eigenvalue weighted by Crippen LogP contribution is 2.41. The lowest BCUT2D eigenvalue weighted by Gasteiger charge is -2.26. The van der Waals surface area contributed by atoms with Gasteiger partial charge in [-0.25, -0.2) is 4.98 Å². The van der Waals surface area contributed by atoms with Crippen molar-refractivity contribution in [3.8, 4) is 0 Å². The van der Waals surface area contributed by atoms with Crippen LogP contribution in [0.4, 0.5) is 0 Å². The van der Waals surface area contributed by atoms with E-state index in [-0.39, 0.29) is 5.91 Å². The molecular weight excluding hydrogens is 268 g/mol. The van der Waals surface area contributed by atoms with Crippen LogP contribution in [0.15, 0.2) is 24.7 Å². The lowest BCUT2D eigenvalue weighted by Crippen LogP contribution is -2.47. The lowest BCUT2D eigenvalue weighted by molar-refractivity contribution is 0.0864. The maximum absolute atomic E-state index is 12.7. The Labute approximate surface area is 122 Å². The largest absolute Gasteiger partial charge is 0.378 e. The van der Waals surface area contributed by atoms with Gasteiger partial charge in [-0.05, 0) is 30.4 Å². The summed E-state index contributed by atoms with van der Waals surface area (Å²) in [5.74, 6) is 1.22. The van der Waals surface area contributed by atoms with Crippen LogP contribution in [0.2, 0.25) is 0 Å². The molecule has 0 aromatic carbocycles. The minimum Gasteiger partial charge on any atom is -0.378 e. The zero-order chi connectivity index (χ0) is 14.3. The zero-order valence-corrected chi connectivity index (χ0v) is 11.7. The molecule has 2 aliphatic rings. The Balaban J connectivity index is 1.61. The molecule has 1 aliphatic heterocycles. The van der Waals surface area contributed by atoms with E-state index >= 15 is 0 Å². The van der Waals surface area contributed by atoms with Crippen LogP contribution in [0.25, 0.3) is 0 Å². The Morgan fingerprint density at radius 3 is 2.95 bits per heavy atom. The average molecular weight is 286 g/mol. The van der Waals surface area contributed by atoms with E-state index in [1.807, 2.05) is 12.3 Å². The predicted molar refractivity (Wildman–Crippen MR) is 75.9 cm³/mol. The fraction of sp³-hybridized carbons (Fsp3) is 0.467. The monoisotopic (exact) mass is 286 g/mol. The number of hydrogen-bond donors (Lipinski definition) is 3. The first-order valence-corrected chi connectivity index (χ1v) is 7.36. The van der Waals surface area contributed by atoms with Crippen molar-refractivity contribution in [2.75, 3.05) is 13.2 Å². The molecule has 0 spiro atoms. The maximum atomic E-state index is 12.7. The number of nitrogens with zero attached hydrogens (tertiary/aromatic N) is 1. The summed E-state index contributed by atoms with van der Waals surface area (Å²) in [4.78, 5) is 23.2. The summed E-state index contributed by atoms with van der Waals surface area (Å²) in [6.07, 6.45) is 8.38. The van der Waals surface area contributed by atoms with Gasteiger partial charge in [0, 0.05) is 31.6 Å². The van der Waals surface area contributed by atoms with Gasteiger partial charge in [-0.1, -0.05) is 0 Å². The van der Waals surface area contributed by atoms with Gasteiger partial charge in [-0.3, -0.25) is 4.79 Å². The minimum absolute atomic E-state index is 0.0798. The van der Waals surface area contributed by atoms with Crippen molar-refractivity contribution >= 4 is 5.91 Å². The third kappa shape index (κ3) is 2.15. The molecular formula is C15H18N4O2. The molecule has 4 rings (SSSR count). The van der Waals surface area contributed by atoms with Gasteiger partial charge in [0.2, 0.25) is 0 Å². The van der Waals surface area contributed by atoms with Gasteiger partial charge in [0.1, 0.15) is 17.1 Å².